The fourth-order valence-corrected chi connectivity index (χ4v) is 2.54. The van der Waals surface area contributed by atoms with Gasteiger partial charge in [-0.25, -0.2) is 0 Å². The number of amides is 1. The molecule has 0 bridgehead atoms. The van der Waals surface area contributed by atoms with Gasteiger partial charge in [-0.05, 0) is 37.6 Å². The largest absolute Gasteiger partial charge is 0.379 e. The molecule has 1 aliphatic heterocycles. The van der Waals surface area contributed by atoms with Crippen LogP contribution in [0.25, 0.3) is 0 Å². The molecule has 1 unspecified atom stereocenters. The van der Waals surface area contributed by atoms with E-state index in [1.807, 2.05) is 24.3 Å². The van der Waals surface area contributed by atoms with Gasteiger partial charge >= 0.3 is 0 Å². The Labute approximate surface area is 126 Å². The van der Waals surface area contributed by atoms with E-state index in [4.69, 9.17) is 10.5 Å². The molecule has 5 heteroatoms. The Kier molecular flexibility index (Phi) is 6.17. The van der Waals surface area contributed by atoms with Gasteiger partial charge in [0.2, 0.25) is 5.91 Å². The van der Waals surface area contributed by atoms with Crippen molar-refractivity contribution in [3.8, 4) is 0 Å². The van der Waals surface area contributed by atoms with Crippen molar-refractivity contribution < 1.29 is 9.53 Å². The van der Waals surface area contributed by atoms with Crippen LogP contribution in [0.4, 0.5) is 5.69 Å². The van der Waals surface area contributed by atoms with Gasteiger partial charge in [0, 0.05) is 31.2 Å². The van der Waals surface area contributed by atoms with E-state index in [-0.39, 0.29) is 5.91 Å². The highest BCUT2D eigenvalue weighted by atomic mass is 16.5. The minimum atomic E-state index is 0.0603. The fourth-order valence-electron chi connectivity index (χ4n) is 2.54. The zero-order valence-electron chi connectivity index (χ0n) is 12.7. The van der Waals surface area contributed by atoms with Crippen molar-refractivity contribution in [1.82, 2.24) is 4.90 Å². The van der Waals surface area contributed by atoms with E-state index in [2.05, 4.69) is 17.1 Å². The maximum atomic E-state index is 11.9. The predicted molar refractivity (Wildman–Crippen MR) is 84.1 cm³/mol. The highest BCUT2D eigenvalue weighted by Crippen LogP contribution is 2.12. The van der Waals surface area contributed by atoms with Crippen LogP contribution in [0.2, 0.25) is 0 Å². The van der Waals surface area contributed by atoms with Crippen LogP contribution in [-0.4, -0.2) is 43.2 Å². The summed E-state index contributed by atoms with van der Waals surface area (Å²) < 4.78 is 5.41. The molecular formula is C16H25N3O2. The van der Waals surface area contributed by atoms with E-state index in [9.17, 15) is 4.79 Å². The molecule has 1 aromatic carbocycles. The topological polar surface area (TPSA) is 67.6 Å². The Balaban J connectivity index is 1.71. The van der Waals surface area contributed by atoms with Crippen LogP contribution in [-0.2, 0) is 16.1 Å². The van der Waals surface area contributed by atoms with E-state index >= 15 is 0 Å². The van der Waals surface area contributed by atoms with Crippen molar-refractivity contribution in [3.63, 3.8) is 0 Å². The van der Waals surface area contributed by atoms with E-state index in [1.54, 1.807) is 0 Å². The van der Waals surface area contributed by atoms with E-state index < -0.39 is 0 Å². The summed E-state index contributed by atoms with van der Waals surface area (Å²) in [6.07, 6.45) is 1.41. The maximum absolute atomic E-state index is 11.9. The van der Waals surface area contributed by atoms with Crippen LogP contribution in [0.15, 0.2) is 24.3 Å². The molecule has 1 atom stereocenters. The molecule has 2 rings (SSSR count). The number of carbonyl (C=O) groups is 1. The van der Waals surface area contributed by atoms with E-state index in [0.29, 0.717) is 19.0 Å². The van der Waals surface area contributed by atoms with Gasteiger partial charge < -0.3 is 15.8 Å². The smallest absolute Gasteiger partial charge is 0.224 e. The van der Waals surface area contributed by atoms with E-state index in [0.717, 1.165) is 44.0 Å². The molecule has 1 amide bonds. The van der Waals surface area contributed by atoms with Crippen molar-refractivity contribution in [2.75, 3.05) is 31.6 Å². The molecule has 1 aromatic rings. The second-order valence-corrected chi connectivity index (χ2v) is 5.52. The minimum absolute atomic E-state index is 0.0603. The average molecular weight is 291 g/mol. The summed E-state index contributed by atoms with van der Waals surface area (Å²) in [7, 11) is 0. The first-order valence-corrected chi connectivity index (χ1v) is 7.59. The lowest BCUT2D eigenvalue weighted by Gasteiger charge is -2.33. The summed E-state index contributed by atoms with van der Waals surface area (Å²) in [5.74, 6) is 0.0603. The number of nitrogens with two attached hydrogens (primary N) is 1. The highest BCUT2D eigenvalue weighted by molar-refractivity contribution is 5.90. The number of morpholine rings is 1. The first kappa shape index (κ1) is 15.9. The molecule has 1 aliphatic rings. The van der Waals surface area contributed by atoms with Crippen LogP contribution in [0.1, 0.15) is 25.3 Å². The van der Waals surface area contributed by atoms with Gasteiger partial charge in [-0.1, -0.05) is 12.1 Å². The van der Waals surface area contributed by atoms with Crippen LogP contribution in [0.3, 0.4) is 0 Å². The molecule has 1 heterocycles. The minimum Gasteiger partial charge on any atom is -0.379 e. The number of carbonyl (C=O) groups excluding carboxylic acids is 1. The second kappa shape index (κ2) is 8.12. The molecule has 0 aliphatic carbocycles. The molecule has 1 fully saturated rings. The second-order valence-electron chi connectivity index (χ2n) is 5.52. The highest BCUT2D eigenvalue weighted by Gasteiger charge is 2.18. The molecule has 0 aromatic heterocycles. The van der Waals surface area contributed by atoms with Gasteiger partial charge in [0.05, 0.1) is 13.2 Å². The van der Waals surface area contributed by atoms with Gasteiger partial charge in [-0.2, -0.15) is 0 Å². The van der Waals surface area contributed by atoms with Gasteiger partial charge in [0.15, 0.2) is 0 Å². The first-order valence-electron chi connectivity index (χ1n) is 7.59. The summed E-state index contributed by atoms with van der Waals surface area (Å²) in [4.78, 5) is 14.3. The van der Waals surface area contributed by atoms with Crippen molar-refractivity contribution in [3.05, 3.63) is 29.8 Å². The molecule has 0 saturated carbocycles. The van der Waals surface area contributed by atoms with Gasteiger partial charge in [0.25, 0.3) is 0 Å². The molecule has 1 saturated heterocycles. The van der Waals surface area contributed by atoms with Gasteiger partial charge in [0.1, 0.15) is 0 Å². The number of rotatable bonds is 6. The molecular weight excluding hydrogens is 266 g/mol. The monoisotopic (exact) mass is 291 g/mol. The first-order chi connectivity index (χ1) is 10.2. The number of nitrogens with one attached hydrogen (secondary N) is 1. The van der Waals surface area contributed by atoms with Crippen LogP contribution in [0.5, 0.6) is 0 Å². The lowest BCUT2D eigenvalue weighted by Crippen LogP contribution is -2.44. The maximum Gasteiger partial charge on any atom is 0.224 e. The van der Waals surface area contributed by atoms with Crippen molar-refractivity contribution in [2.45, 2.75) is 32.4 Å². The van der Waals surface area contributed by atoms with Crippen LogP contribution < -0.4 is 11.1 Å². The molecule has 5 nitrogen and oxygen atoms in total. The third-order valence-corrected chi connectivity index (χ3v) is 3.80. The van der Waals surface area contributed by atoms with Gasteiger partial charge in [-0.3, -0.25) is 9.69 Å². The molecule has 0 spiro atoms. The summed E-state index contributed by atoms with van der Waals surface area (Å²) in [6.45, 7) is 6.14. The third-order valence-electron chi connectivity index (χ3n) is 3.80. The molecule has 116 valence electrons. The standard InChI is InChI=1S/C16H25N3O2/c1-13-12-21-9-8-19(13)7-3-6-16(20)18-15-5-2-4-14(10-15)11-17/h2,4-5,10,13H,3,6-9,11-12,17H2,1H3,(H,18,20). The lowest BCUT2D eigenvalue weighted by atomic mass is 10.2. The average Bonchev–Trinajstić information content (AvgIpc) is 2.49. The normalized spacial score (nSPS) is 19.4. The quantitative estimate of drug-likeness (QED) is 0.835. The zero-order chi connectivity index (χ0) is 15.1. The van der Waals surface area contributed by atoms with Crippen LogP contribution >= 0.6 is 0 Å². The third kappa shape index (κ3) is 5.12. The number of hydrogen-bond donors (Lipinski definition) is 2. The summed E-state index contributed by atoms with van der Waals surface area (Å²) in [5, 5.41) is 2.93. The summed E-state index contributed by atoms with van der Waals surface area (Å²) in [6, 6.07) is 8.12. The zero-order valence-corrected chi connectivity index (χ0v) is 12.7. The number of hydrogen-bond acceptors (Lipinski definition) is 4. The Hall–Kier alpha value is -1.43. The van der Waals surface area contributed by atoms with E-state index in [1.165, 1.54) is 0 Å². The molecule has 0 radical (unpaired) electrons. The molecule has 3 N–H and O–H groups in total. The van der Waals surface area contributed by atoms with Crippen LogP contribution in [0, 0.1) is 0 Å². The van der Waals surface area contributed by atoms with Gasteiger partial charge in [-0.15, -0.1) is 0 Å². The Morgan fingerprint density at radius 1 is 1.52 bits per heavy atom. The number of anilines is 1. The number of benzene rings is 1. The Morgan fingerprint density at radius 3 is 3.14 bits per heavy atom. The van der Waals surface area contributed by atoms with Crippen molar-refractivity contribution >= 4 is 11.6 Å². The Morgan fingerprint density at radius 2 is 2.38 bits per heavy atom. The van der Waals surface area contributed by atoms with Crippen molar-refractivity contribution in [1.29, 1.82) is 0 Å². The summed E-state index contributed by atoms with van der Waals surface area (Å²) in [5.41, 5.74) is 7.44. The lowest BCUT2D eigenvalue weighted by molar-refractivity contribution is -0.116. The fraction of sp³-hybridized carbons (Fsp3) is 0.562. The van der Waals surface area contributed by atoms with Crippen molar-refractivity contribution in [2.24, 2.45) is 5.73 Å². The number of ether oxygens (including phenoxy) is 1. The SMILES string of the molecule is CC1COCCN1CCCC(=O)Nc1cccc(CN)c1. The molecule has 21 heavy (non-hydrogen) atoms. The Bertz CT molecular complexity index is 465. The number of nitrogens with zero attached hydrogens (tertiary/aromatic N) is 1. The summed E-state index contributed by atoms with van der Waals surface area (Å²) >= 11 is 0. The predicted octanol–water partition coefficient (Wildman–Crippen LogP) is 1.58.